The number of hydrogen-bond acceptors (Lipinski definition) is 4. The summed E-state index contributed by atoms with van der Waals surface area (Å²) < 4.78 is 8.69. The third-order valence-corrected chi connectivity index (χ3v) is 7.13. The number of aromatic nitrogens is 2. The van der Waals surface area contributed by atoms with Crippen LogP contribution in [0.2, 0.25) is 0 Å². The molecule has 36 heavy (non-hydrogen) atoms. The number of rotatable bonds is 5. The van der Waals surface area contributed by atoms with E-state index in [1.807, 2.05) is 48.5 Å². The van der Waals surface area contributed by atoms with Crippen LogP contribution in [-0.4, -0.2) is 9.97 Å². The average Bonchev–Trinajstić information content (AvgIpc) is 3.27. The third-order valence-electron chi connectivity index (χ3n) is 5.99. The summed E-state index contributed by atoms with van der Waals surface area (Å²) in [6.07, 6.45) is 0. The summed E-state index contributed by atoms with van der Waals surface area (Å²) in [4.78, 5) is 9.53. The van der Waals surface area contributed by atoms with Crippen LogP contribution in [0, 0.1) is 12.1 Å². The molecular weight excluding hydrogens is 643 g/mol. The number of hydrogen-bond donors (Lipinski definition) is 0. The van der Waals surface area contributed by atoms with Crippen LogP contribution in [0.3, 0.4) is 0 Å². The second kappa shape index (κ2) is 10.3. The van der Waals surface area contributed by atoms with Gasteiger partial charge in [-0.15, -0.1) is 59.7 Å². The van der Waals surface area contributed by atoms with E-state index in [4.69, 9.17) is 9.72 Å². The fourth-order valence-electron chi connectivity index (χ4n) is 4.14. The van der Waals surface area contributed by atoms with Crippen molar-refractivity contribution in [2.24, 2.45) is 0 Å². The van der Waals surface area contributed by atoms with E-state index in [0.717, 1.165) is 28.1 Å². The topological polar surface area (TPSA) is 35.0 Å². The van der Waals surface area contributed by atoms with Crippen molar-refractivity contribution in [2.45, 2.75) is 19.8 Å². The predicted molar refractivity (Wildman–Crippen MR) is 144 cm³/mol. The normalized spacial score (nSPS) is 11.1. The van der Waals surface area contributed by atoms with Gasteiger partial charge in [-0.05, 0) is 45.1 Å². The summed E-state index contributed by atoms with van der Waals surface area (Å²) in [6.45, 7) is 4.35. The standard InChI is InChI=1S/C31H22N2OS.Pt/c1-20(2)23-17-27(22-15-16-25-24-11-6-7-13-28(24)35-29(25)18-22)33-31(19-23)34-30-14-8-12-26(32-30)21-9-4-3-5-10-21;/h3-9,11-14,16-20H,1-2H3;/q-2;+2. The largest absolute Gasteiger partial charge is 2.00 e. The molecular formula is C31H22N2OPtS. The van der Waals surface area contributed by atoms with Crippen LogP contribution < -0.4 is 4.74 Å². The molecule has 0 amide bonds. The summed E-state index contributed by atoms with van der Waals surface area (Å²) in [5, 5.41) is 2.49. The molecule has 0 radical (unpaired) electrons. The molecule has 0 aliphatic heterocycles. The van der Waals surface area contributed by atoms with Gasteiger partial charge in [0.25, 0.3) is 0 Å². The van der Waals surface area contributed by atoms with Crippen LogP contribution in [0.1, 0.15) is 25.3 Å². The number of pyridine rings is 2. The molecule has 0 saturated carbocycles. The second-order valence-corrected chi connectivity index (χ2v) is 9.82. The molecule has 3 nitrogen and oxygen atoms in total. The zero-order valence-electron chi connectivity index (χ0n) is 19.8. The van der Waals surface area contributed by atoms with E-state index in [-0.39, 0.29) is 21.1 Å². The van der Waals surface area contributed by atoms with Gasteiger partial charge in [0.1, 0.15) is 0 Å². The maximum absolute atomic E-state index is 6.18. The summed E-state index contributed by atoms with van der Waals surface area (Å²) in [5.74, 6) is 1.35. The summed E-state index contributed by atoms with van der Waals surface area (Å²) >= 11 is 1.80. The van der Waals surface area contributed by atoms with E-state index in [1.165, 1.54) is 20.2 Å². The Morgan fingerprint density at radius 1 is 0.722 bits per heavy atom. The van der Waals surface area contributed by atoms with Gasteiger partial charge in [-0.3, -0.25) is 9.97 Å². The van der Waals surface area contributed by atoms with Crippen molar-refractivity contribution in [2.75, 3.05) is 0 Å². The van der Waals surface area contributed by atoms with E-state index in [9.17, 15) is 0 Å². The molecule has 0 atom stereocenters. The Kier molecular flexibility index (Phi) is 7.00. The number of nitrogens with zero attached hydrogens (tertiary/aromatic N) is 2. The first kappa shape index (κ1) is 24.4. The maximum atomic E-state index is 6.18. The smallest absolute Gasteiger partial charge is 0.422 e. The minimum Gasteiger partial charge on any atom is -0.422 e. The van der Waals surface area contributed by atoms with E-state index in [0.29, 0.717) is 17.7 Å². The Morgan fingerprint density at radius 3 is 2.39 bits per heavy atom. The van der Waals surface area contributed by atoms with Crippen molar-refractivity contribution < 1.29 is 25.8 Å². The molecule has 3 aromatic heterocycles. The van der Waals surface area contributed by atoms with Gasteiger partial charge in [-0.2, -0.15) is 11.3 Å². The predicted octanol–water partition coefficient (Wildman–Crippen LogP) is 8.69. The van der Waals surface area contributed by atoms with Gasteiger partial charge in [-0.25, -0.2) is 0 Å². The van der Waals surface area contributed by atoms with Crippen LogP contribution >= 0.6 is 11.3 Å². The summed E-state index contributed by atoms with van der Waals surface area (Å²) in [5.41, 5.74) is 4.69. The fraction of sp³-hybridized carbons (Fsp3) is 0.0968. The van der Waals surface area contributed by atoms with Gasteiger partial charge >= 0.3 is 21.1 Å². The Balaban J connectivity index is 0.00000267. The molecule has 3 heterocycles. The molecule has 0 aliphatic rings. The second-order valence-electron chi connectivity index (χ2n) is 8.74. The van der Waals surface area contributed by atoms with Crippen LogP contribution in [0.5, 0.6) is 11.8 Å². The minimum atomic E-state index is 0. The van der Waals surface area contributed by atoms with Crippen LogP contribution in [0.4, 0.5) is 0 Å². The van der Waals surface area contributed by atoms with Gasteiger partial charge in [0.2, 0.25) is 11.8 Å². The number of ether oxygens (including phenoxy) is 1. The third kappa shape index (κ3) is 4.84. The van der Waals surface area contributed by atoms with Crippen LogP contribution in [0.15, 0.2) is 91.0 Å². The van der Waals surface area contributed by atoms with Crippen molar-refractivity contribution in [3.8, 4) is 34.3 Å². The van der Waals surface area contributed by atoms with Gasteiger partial charge in [-0.1, -0.05) is 55.6 Å². The molecule has 0 unspecified atom stereocenters. The number of fused-ring (bicyclic) bond motifs is 3. The number of benzene rings is 3. The van der Waals surface area contributed by atoms with E-state index in [1.54, 1.807) is 11.3 Å². The fourth-order valence-corrected chi connectivity index (χ4v) is 5.27. The SMILES string of the molecule is CC(C)c1cc(Oc2cccc(-c3[c-]cccc3)n2)nc(-c2[c-]cc3c(c2)sc2ccccc23)c1.[Pt+2]. The summed E-state index contributed by atoms with van der Waals surface area (Å²) in [7, 11) is 0. The molecule has 178 valence electrons. The first-order chi connectivity index (χ1) is 17.1. The first-order valence-electron chi connectivity index (χ1n) is 11.6. The Bertz CT molecular complexity index is 1660. The average molecular weight is 666 g/mol. The summed E-state index contributed by atoms with van der Waals surface area (Å²) in [6, 6.07) is 37.1. The van der Waals surface area contributed by atoms with Crippen molar-refractivity contribution in [3.63, 3.8) is 0 Å². The van der Waals surface area contributed by atoms with E-state index >= 15 is 0 Å². The molecule has 0 aliphatic carbocycles. The van der Waals surface area contributed by atoms with Crippen molar-refractivity contribution >= 4 is 31.5 Å². The van der Waals surface area contributed by atoms with Crippen molar-refractivity contribution in [1.29, 1.82) is 0 Å². The molecule has 5 heteroatoms. The van der Waals surface area contributed by atoms with Gasteiger partial charge < -0.3 is 4.74 Å². The minimum absolute atomic E-state index is 0. The van der Waals surface area contributed by atoms with Gasteiger partial charge in [0.15, 0.2) is 0 Å². The molecule has 0 spiro atoms. The van der Waals surface area contributed by atoms with E-state index in [2.05, 4.69) is 73.4 Å². The molecule has 6 rings (SSSR count). The van der Waals surface area contributed by atoms with Crippen LogP contribution in [-0.2, 0) is 21.1 Å². The molecule has 0 N–H and O–H groups in total. The maximum Gasteiger partial charge on any atom is 2.00 e. The monoisotopic (exact) mass is 665 g/mol. The van der Waals surface area contributed by atoms with Gasteiger partial charge in [0.05, 0.1) is 0 Å². The Labute approximate surface area is 229 Å². The Hall–Kier alpha value is -3.33. The molecule has 0 fully saturated rings. The first-order valence-corrected chi connectivity index (χ1v) is 12.4. The van der Waals surface area contributed by atoms with Crippen molar-refractivity contribution in [1.82, 2.24) is 9.97 Å². The van der Waals surface area contributed by atoms with E-state index < -0.39 is 0 Å². The zero-order chi connectivity index (χ0) is 23.8. The van der Waals surface area contributed by atoms with Crippen molar-refractivity contribution in [3.05, 3.63) is 109 Å². The quantitative estimate of drug-likeness (QED) is 0.173. The molecule has 3 aromatic carbocycles. The zero-order valence-corrected chi connectivity index (χ0v) is 22.9. The molecule has 0 saturated heterocycles. The number of thiophene rings is 1. The van der Waals surface area contributed by atoms with Crippen LogP contribution in [0.25, 0.3) is 42.7 Å². The Morgan fingerprint density at radius 2 is 1.56 bits per heavy atom. The molecule has 6 aromatic rings. The van der Waals surface area contributed by atoms with Gasteiger partial charge in [0, 0.05) is 10.8 Å². The molecule has 0 bridgehead atoms.